The molecule has 2 atom stereocenters. The third kappa shape index (κ3) is 5.85. The summed E-state index contributed by atoms with van der Waals surface area (Å²) in [5, 5.41) is 6.38. The molecular weight excluding hydrogens is 370 g/mol. The number of nitrogens with one attached hydrogen (secondary N) is 2. The molecule has 0 aromatic heterocycles. The summed E-state index contributed by atoms with van der Waals surface area (Å²) in [6.07, 6.45) is 1.72. The summed E-state index contributed by atoms with van der Waals surface area (Å²) in [7, 11) is 0. The number of hydrogen-bond acceptors (Lipinski definition) is 5. The van der Waals surface area contributed by atoms with Crippen molar-refractivity contribution in [3.8, 4) is 5.75 Å². The molecule has 7 heteroatoms. The second-order valence-electron chi connectivity index (χ2n) is 8.69. The maximum absolute atomic E-state index is 12.9. The van der Waals surface area contributed by atoms with E-state index in [-0.39, 0.29) is 24.0 Å². The molecular formula is C22H33N3O4. The second kappa shape index (κ2) is 9.48. The first kappa shape index (κ1) is 21.4. The molecule has 2 aliphatic heterocycles. The molecule has 3 rings (SSSR count). The van der Waals surface area contributed by atoms with E-state index in [0.29, 0.717) is 32.5 Å². The zero-order valence-corrected chi connectivity index (χ0v) is 17.7. The average molecular weight is 404 g/mol. The van der Waals surface area contributed by atoms with Gasteiger partial charge in [-0.15, -0.1) is 0 Å². The highest BCUT2D eigenvalue weighted by molar-refractivity contribution is 5.79. The van der Waals surface area contributed by atoms with Gasteiger partial charge in [0.15, 0.2) is 0 Å². The molecule has 2 N–H and O–H groups in total. The van der Waals surface area contributed by atoms with Gasteiger partial charge in [0, 0.05) is 31.1 Å². The summed E-state index contributed by atoms with van der Waals surface area (Å²) >= 11 is 0. The van der Waals surface area contributed by atoms with Crippen molar-refractivity contribution in [2.24, 2.45) is 5.92 Å². The fraction of sp³-hybridized carbons (Fsp3) is 0.636. The lowest BCUT2D eigenvalue weighted by Gasteiger charge is -2.40. The van der Waals surface area contributed by atoms with Gasteiger partial charge in [-0.3, -0.25) is 4.79 Å². The van der Waals surface area contributed by atoms with Crippen LogP contribution in [0.4, 0.5) is 4.79 Å². The van der Waals surface area contributed by atoms with Crippen molar-refractivity contribution in [2.75, 3.05) is 32.8 Å². The zero-order chi connectivity index (χ0) is 20.9. The Bertz CT molecular complexity index is 716. The molecule has 1 saturated heterocycles. The van der Waals surface area contributed by atoms with Crippen LogP contribution in [0.25, 0.3) is 0 Å². The Hall–Kier alpha value is -2.28. The molecule has 0 saturated carbocycles. The van der Waals surface area contributed by atoms with Crippen LogP contribution in [0.5, 0.6) is 5.75 Å². The van der Waals surface area contributed by atoms with Crippen molar-refractivity contribution in [2.45, 2.75) is 51.7 Å². The van der Waals surface area contributed by atoms with E-state index in [9.17, 15) is 9.59 Å². The highest BCUT2D eigenvalue weighted by Gasteiger charge is 2.38. The summed E-state index contributed by atoms with van der Waals surface area (Å²) < 4.78 is 11.7. The minimum Gasteiger partial charge on any atom is -0.492 e. The molecule has 29 heavy (non-hydrogen) atoms. The lowest BCUT2D eigenvalue weighted by atomic mass is 9.86. The van der Waals surface area contributed by atoms with Crippen LogP contribution in [-0.2, 0) is 9.53 Å². The molecule has 1 fully saturated rings. The Balaban J connectivity index is 1.91. The van der Waals surface area contributed by atoms with Crippen LogP contribution < -0.4 is 15.4 Å². The topological polar surface area (TPSA) is 79.9 Å². The summed E-state index contributed by atoms with van der Waals surface area (Å²) in [5.74, 6) is 0.683. The van der Waals surface area contributed by atoms with Gasteiger partial charge in [-0.25, -0.2) is 4.79 Å². The van der Waals surface area contributed by atoms with E-state index in [4.69, 9.17) is 9.47 Å². The van der Waals surface area contributed by atoms with Crippen LogP contribution in [0.3, 0.4) is 0 Å². The molecule has 0 spiro atoms. The van der Waals surface area contributed by atoms with Crippen LogP contribution >= 0.6 is 0 Å². The molecule has 2 bridgehead atoms. The SMILES string of the molecule is CC(C)(C)OC(=O)N1CCC2CC1c1ccccc1OCCNCCCNC2=O. The number of piperidine rings is 1. The Morgan fingerprint density at radius 3 is 2.79 bits per heavy atom. The largest absolute Gasteiger partial charge is 0.492 e. The van der Waals surface area contributed by atoms with Gasteiger partial charge >= 0.3 is 6.09 Å². The van der Waals surface area contributed by atoms with Crippen molar-refractivity contribution < 1.29 is 19.1 Å². The Morgan fingerprint density at radius 1 is 1.21 bits per heavy atom. The first-order chi connectivity index (χ1) is 13.8. The van der Waals surface area contributed by atoms with Gasteiger partial charge < -0.3 is 25.0 Å². The van der Waals surface area contributed by atoms with Gasteiger partial charge in [-0.2, -0.15) is 0 Å². The van der Waals surface area contributed by atoms with Crippen molar-refractivity contribution in [3.05, 3.63) is 29.8 Å². The van der Waals surface area contributed by atoms with Crippen molar-refractivity contribution in [1.29, 1.82) is 0 Å². The lowest BCUT2D eigenvalue weighted by molar-refractivity contribution is -0.127. The van der Waals surface area contributed by atoms with Crippen LogP contribution in [-0.4, -0.2) is 55.3 Å². The van der Waals surface area contributed by atoms with Crippen molar-refractivity contribution >= 4 is 12.0 Å². The number of carbonyl (C=O) groups excluding carboxylic acids is 2. The Morgan fingerprint density at radius 2 is 2.00 bits per heavy atom. The number of nitrogens with zero attached hydrogens (tertiary/aromatic N) is 1. The molecule has 2 amide bonds. The van der Waals surface area contributed by atoms with E-state index in [1.54, 1.807) is 4.90 Å². The minimum absolute atomic E-state index is 0.0642. The van der Waals surface area contributed by atoms with Gasteiger partial charge in [-0.05, 0) is 52.6 Å². The van der Waals surface area contributed by atoms with E-state index < -0.39 is 5.60 Å². The molecule has 2 aliphatic rings. The molecule has 7 nitrogen and oxygen atoms in total. The Kier molecular flexibility index (Phi) is 7.00. The van der Waals surface area contributed by atoms with Gasteiger partial charge in [-0.1, -0.05) is 18.2 Å². The number of benzene rings is 1. The highest BCUT2D eigenvalue weighted by atomic mass is 16.6. The highest BCUT2D eigenvalue weighted by Crippen LogP contribution is 2.39. The number of para-hydroxylation sites is 1. The van der Waals surface area contributed by atoms with E-state index >= 15 is 0 Å². The standard InChI is InChI=1S/C22H33N3O4/c1-22(2,3)29-21(27)25-13-9-16-15-18(25)17-7-4-5-8-19(17)28-14-12-23-10-6-11-24-20(16)26/h4-5,7-8,16,18,23H,6,9-15H2,1-3H3,(H,24,26). The molecule has 2 unspecified atom stereocenters. The number of carbonyl (C=O) groups is 2. The fourth-order valence-corrected chi connectivity index (χ4v) is 3.85. The lowest BCUT2D eigenvalue weighted by Crippen LogP contribution is -2.47. The quantitative estimate of drug-likeness (QED) is 0.696. The van der Waals surface area contributed by atoms with E-state index in [2.05, 4.69) is 10.6 Å². The van der Waals surface area contributed by atoms with E-state index in [0.717, 1.165) is 30.8 Å². The van der Waals surface area contributed by atoms with E-state index in [1.165, 1.54) is 0 Å². The van der Waals surface area contributed by atoms with Gasteiger partial charge in [0.2, 0.25) is 5.91 Å². The van der Waals surface area contributed by atoms with Crippen LogP contribution in [0.1, 0.15) is 51.6 Å². The zero-order valence-electron chi connectivity index (χ0n) is 17.7. The normalized spacial score (nSPS) is 23.8. The van der Waals surface area contributed by atoms with Gasteiger partial charge in [0.05, 0.1) is 6.04 Å². The third-order valence-electron chi connectivity index (χ3n) is 5.25. The number of amides is 2. The minimum atomic E-state index is -0.575. The summed E-state index contributed by atoms with van der Waals surface area (Å²) in [6.45, 7) is 8.84. The molecule has 1 aromatic carbocycles. The monoisotopic (exact) mass is 403 g/mol. The predicted molar refractivity (Wildman–Crippen MR) is 111 cm³/mol. The maximum atomic E-state index is 12.9. The number of likely N-dealkylation sites (tertiary alicyclic amines) is 1. The molecule has 0 aliphatic carbocycles. The number of ether oxygens (including phenoxy) is 2. The fourth-order valence-electron chi connectivity index (χ4n) is 3.85. The summed E-state index contributed by atoms with van der Waals surface area (Å²) in [5.41, 5.74) is 0.349. The first-order valence-corrected chi connectivity index (χ1v) is 10.5. The number of hydrogen-bond donors (Lipinski definition) is 2. The maximum Gasteiger partial charge on any atom is 0.410 e. The van der Waals surface area contributed by atoms with Crippen molar-refractivity contribution in [1.82, 2.24) is 15.5 Å². The summed E-state index contributed by atoms with van der Waals surface area (Å²) in [4.78, 5) is 27.4. The van der Waals surface area contributed by atoms with Crippen LogP contribution in [0.2, 0.25) is 0 Å². The first-order valence-electron chi connectivity index (χ1n) is 10.5. The summed E-state index contributed by atoms with van der Waals surface area (Å²) in [6, 6.07) is 7.52. The number of fused-ring (bicyclic) bond motifs is 4. The van der Waals surface area contributed by atoms with Gasteiger partial charge in [0.25, 0.3) is 0 Å². The van der Waals surface area contributed by atoms with Crippen LogP contribution in [0.15, 0.2) is 24.3 Å². The van der Waals surface area contributed by atoms with E-state index in [1.807, 2.05) is 45.0 Å². The third-order valence-corrected chi connectivity index (χ3v) is 5.25. The molecule has 0 radical (unpaired) electrons. The predicted octanol–water partition coefficient (Wildman–Crippen LogP) is 2.86. The Labute approximate surface area is 173 Å². The molecule has 160 valence electrons. The second-order valence-corrected chi connectivity index (χ2v) is 8.69. The van der Waals surface area contributed by atoms with Crippen LogP contribution in [0, 0.1) is 5.92 Å². The van der Waals surface area contributed by atoms with Crippen molar-refractivity contribution in [3.63, 3.8) is 0 Å². The smallest absolute Gasteiger partial charge is 0.410 e. The number of rotatable bonds is 0. The molecule has 1 aromatic rings. The van der Waals surface area contributed by atoms with Gasteiger partial charge in [0.1, 0.15) is 18.0 Å². The average Bonchev–Trinajstić information content (AvgIpc) is 2.67. The molecule has 2 heterocycles.